The highest BCUT2D eigenvalue weighted by molar-refractivity contribution is 5.85. The molecule has 2 rings (SSSR count). The molecule has 1 atom stereocenters. The van der Waals surface area contributed by atoms with Crippen molar-refractivity contribution < 1.29 is 14.3 Å². The SMILES string of the molecule is CC(CN)C(=O)NCC(C)(C)c1ccc2c(c1)OCCO2.Cl. The van der Waals surface area contributed by atoms with E-state index < -0.39 is 0 Å². The summed E-state index contributed by atoms with van der Waals surface area (Å²) in [5.41, 5.74) is 6.42. The van der Waals surface area contributed by atoms with E-state index in [0.717, 1.165) is 17.1 Å². The van der Waals surface area contributed by atoms with Crippen molar-refractivity contribution in [3.8, 4) is 11.5 Å². The third-order valence-corrected chi connectivity index (χ3v) is 3.83. The molecule has 0 saturated heterocycles. The minimum atomic E-state index is -0.195. The molecule has 1 unspecified atom stereocenters. The van der Waals surface area contributed by atoms with E-state index in [1.54, 1.807) is 0 Å². The van der Waals surface area contributed by atoms with Gasteiger partial charge in [-0.2, -0.15) is 0 Å². The van der Waals surface area contributed by atoms with Crippen molar-refractivity contribution in [2.24, 2.45) is 11.7 Å². The van der Waals surface area contributed by atoms with Crippen LogP contribution in [0.25, 0.3) is 0 Å². The summed E-state index contributed by atoms with van der Waals surface area (Å²) in [6.07, 6.45) is 0. The lowest BCUT2D eigenvalue weighted by molar-refractivity contribution is -0.124. The predicted molar refractivity (Wildman–Crippen MR) is 88.9 cm³/mol. The Morgan fingerprint density at radius 1 is 1.32 bits per heavy atom. The van der Waals surface area contributed by atoms with Crippen LogP contribution in [0, 0.1) is 5.92 Å². The van der Waals surface area contributed by atoms with Gasteiger partial charge in [0.15, 0.2) is 11.5 Å². The first-order valence-corrected chi connectivity index (χ1v) is 7.32. The molecule has 1 aliphatic heterocycles. The fourth-order valence-corrected chi connectivity index (χ4v) is 2.16. The van der Waals surface area contributed by atoms with Crippen LogP contribution < -0.4 is 20.5 Å². The highest BCUT2D eigenvalue weighted by Crippen LogP contribution is 2.34. The molecule has 124 valence electrons. The maximum Gasteiger partial charge on any atom is 0.224 e. The van der Waals surface area contributed by atoms with Gasteiger partial charge in [-0.05, 0) is 17.7 Å². The minimum absolute atomic E-state index is 0. The molecule has 6 heteroatoms. The highest BCUT2D eigenvalue weighted by Gasteiger charge is 2.24. The second-order valence-corrected chi connectivity index (χ2v) is 6.10. The lowest BCUT2D eigenvalue weighted by Crippen LogP contribution is -2.40. The highest BCUT2D eigenvalue weighted by atomic mass is 35.5. The molecule has 0 aromatic heterocycles. The van der Waals surface area contributed by atoms with Crippen LogP contribution in [0.3, 0.4) is 0 Å². The Hall–Kier alpha value is -1.46. The summed E-state index contributed by atoms with van der Waals surface area (Å²) in [7, 11) is 0. The Morgan fingerprint density at radius 3 is 2.59 bits per heavy atom. The third-order valence-electron chi connectivity index (χ3n) is 3.83. The third kappa shape index (κ3) is 4.27. The smallest absolute Gasteiger partial charge is 0.224 e. The van der Waals surface area contributed by atoms with Crippen molar-refractivity contribution >= 4 is 18.3 Å². The van der Waals surface area contributed by atoms with Crippen LogP contribution in [-0.2, 0) is 10.2 Å². The average Bonchev–Trinajstić information content (AvgIpc) is 2.51. The van der Waals surface area contributed by atoms with Crippen molar-refractivity contribution in [3.05, 3.63) is 23.8 Å². The topological polar surface area (TPSA) is 73.6 Å². The van der Waals surface area contributed by atoms with Gasteiger partial charge in [0.25, 0.3) is 0 Å². The fraction of sp³-hybridized carbons (Fsp3) is 0.562. The molecule has 5 nitrogen and oxygen atoms in total. The molecule has 0 fully saturated rings. The van der Waals surface area contributed by atoms with Crippen LogP contribution in [0.5, 0.6) is 11.5 Å². The van der Waals surface area contributed by atoms with Gasteiger partial charge in [0.2, 0.25) is 5.91 Å². The molecule has 0 spiro atoms. The number of carbonyl (C=O) groups is 1. The lowest BCUT2D eigenvalue weighted by Gasteiger charge is -2.28. The summed E-state index contributed by atoms with van der Waals surface area (Å²) in [5.74, 6) is 1.37. The first-order chi connectivity index (χ1) is 9.94. The molecular formula is C16H25ClN2O3. The molecule has 0 bridgehead atoms. The summed E-state index contributed by atoms with van der Waals surface area (Å²) in [5, 5.41) is 2.96. The van der Waals surface area contributed by atoms with Gasteiger partial charge in [0.1, 0.15) is 13.2 Å². The number of nitrogens with two attached hydrogens (primary N) is 1. The molecule has 3 N–H and O–H groups in total. The number of ether oxygens (including phenoxy) is 2. The van der Waals surface area contributed by atoms with E-state index in [1.807, 2.05) is 25.1 Å². The average molecular weight is 329 g/mol. The van der Waals surface area contributed by atoms with Crippen LogP contribution in [0.4, 0.5) is 0 Å². The number of hydrogen-bond acceptors (Lipinski definition) is 4. The molecule has 0 radical (unpaired) electrons. The van der Waals surface area contributed by atoms with E-state index in [9.17, 15) is 4.79 Å². The van der Waals surface area contributed by atoms with E-state index >= 15 is 0 Å². The quantitative estimate of drug-likeness (QED) is 0.865. The molecule has 22 heavy (non-hydrogen) atoms. The monoisotopic (exact) mass is 328 g/mol. The zero-order chi connectivity index (χ0) is 15.5. The molecule has 1 heterocycles. The Labute approximate surface area is 138 Å². The van der Waals surface area contributed by atoms with E-state index in [0.29, 0.717) is 26.3 Å². The van der Waals surface area contributed by atoms with Crippen molar-refractivity contribution in [1.29, 1.82) is 0 Å². The molecular weight excluding hydrogens is 304 g/mol. The largest absolute Gasteiger partial charge is 0.486 e. The van der Waals surface area contributed by atoms with E-state index in [2.05, 4.69) is 19.2 Å². The Kier molecular flexibility index (Phi) is 6.50. The number of fused-ring (bicyclic) bond motifs is 1. The Balaban J connectivity index is 0.00000242. The summed E-state index contributed by atoms with van der Waals surface area (Å²) in [6, 6.07) is 5.94. The summed E-state index contributed by atoms with van der Waals surface area (Å²) in [4.78, 5) is 11.8. The van der Waals surface area contributed by atoms with Gasteiger partial charge >= 0.3 is 0 Å². The maximum atomic E-state index is 11.8. The zero-order valence-corrected chi connectivity index (χ0v) is 14.2. The van der Waals surface area contributed by atoms with E-state index in [-0.39, 0.29) is 29.6 Å². The molecule has 1 aromatic rings. The van der Waals surface area contributed by atoms with Crippen LogP contribution in [0.1, 0.15) is 26.3 Å². The van der Waals surface area contributed by atoms with Gasteiger partial charge in [-0.3, -0.25) is 4.79 Å². The van der Waals surface area contributed by atoms with Gasteiger partial charge < -0.3 is 20.5 Å². The van der Waals surface area contributed by atoms with Crippen molar-refractivity contribution in [2.75, 3.05) is 26.3 Å². The molecule has 1 amide bonds. The normalized spacial score (nSPS) is 14.7. The Bertz CT molecular complexity index is 520. The Morgan fingerprint density at radius 2 is 1.95 bits per heavy atom. The minimum Gasteiger partial charge on any atom is -0.486 e. The summed E-state index contributed by atoms with van der Waals surface area (Å²) >= 11 is 0. The van der Waals surface area contributed by atoms with Gasteiger partial charge in [0, 0.05) is 24.4 Å². The second kappa shape index (κ2) is 7.70. The molecule has 0 saturated carbocycles. The molecule has 1 aromatic carbocycles. The number of halogens is 1. The van der Waals surface area contributed by atoms with Gasteiger partial charge in [-0.15, -0.1) is 12.4 Å². The van der Waals surface area contributed by atoms with Gasteiger partial charge in [-0.25, -0.2) is 0 Å². The second-order valence-electron chi connectivity index (χ2n) is 6.10. The zero-order valence-electron chi connectivity index (χ0n) is 13.3. The van der Waals surface area contributed by atoms with Gasteiger partial charge in [-0.1, -0.05) is 26.8 Å². The molecule has 0 aliphatic carbocycles. The van der Waals surface area contributed by atoms with Crippen LogP contribution >= 0.6 is 12.4 Å². The van der Waals surface area contributed by atoms with Crippen LogP contribution in [0.2, 0.25) is 0 Å². The number of hydrogen-bond donors (Lipinski definition) is 2. The number of amides is 1. The van der Waals surface area contributed by atoms with Crippen molar-refractivity contribution in [2.45, 2.75) is 26.2 Å². The number of rotatable bonds is 5. The van der Waals surface area contributed by atoms with Gasteiger partial charge in [0.05, 0.1) is 0 Å². The summed E-state index contributed by atoms with van der Waals surface area (Å²) in [6.45, 7) is 8.07. The lowest BCUT2D eigenvalue weighted by atomic mass is 9.84. The van der Waals surface area contributed by atoms with E-state index in [4.69, 9.17) is 15.2 Å². The van der Waals surface area contributed by atoms with Crippen molar-refractivity contribution in [3.63, 3.8) is 0 Å². The maximum absolute atomic E-state index is 11.8. The number of benzene rings is 1. The first-order valence-electron chi connectivity index (χ1n) is 7.32. The standard InChI is InChI=1S/C16H24N2O3.ClH/c1-11(9-17)15(19)18-10-16(2,3)12-4-5-13-14(8-12)21-7-6-20-13;/h4-5,8,11H,6-7,9-10,17H2,1-3H3,(H,18,19);1H. The predicted octanol–water partition coefficient (Wildman–Crippen LogP) is 1.87. The first kappa shape index (κ1) is 18.6. The fourth-order valence-electron chi connectivity index (χ4n) is 2.16. The van der Waals surface area contributed by atoms with Crippen molar-refractivity contribution in [1.82, 2.24) is 5.32 Å². The summed E-state index contributed by atoms with van der Waals surface area (Å²) < 4.78 is 11.1. The number of nitrogens with one attached hydrogen (secondary N) is 1. The van der Waals surface area contributed by atoms with Crippen LogP contribution in [-0.4, -0.2) is 32.2 Å². The van der Waals surface area contributed by atoms with Crippen LogP contribution in [0.15, 0.2) is 18.2 Å². The van der Waals surface area contributed by atoms with E-state index in [1.165, 1.54) is 0 Å². The number of carbonyl (C=O) groups excluding carboxylic acids is 1. The molecule has 1 aliphatic rings.